The number of hydrogen-bond acceptors (Lipinski definition) is 1. The molecule has 10 aromatic carbocycles. The van der Waals surface area contributed by atoms with E-state index >= 15 is 0 Å². The van der Waals surface area contributed by atoms with Crippen molar-refractivity contribution in [1.82, 2.24) is 0 Å². The van der Waals surface area contributed by atoms with Crippen LogP contribution in [0, 0.1) is 0 Å². The Hall–Kier alpha value is -6.96. The van der Waals surface area contributed by atoms with E-state index in [9.17, 15) is 0 Å². The molecule has 56 heavy (non-hydrogen) atoms. The fourth-order valence-corrected chi connectivity index (χ4v) is 9.59. The predicted octanol–water partition coefficient (Wildman–Crippen LogP) is 15.4. The van der Waals surface area contributed by atoms with Crippen molar-refractivity contribution in [1.29, 1.82) is 0 Å². The van der Waals surface area contributed by atoms with Crippen LogP contribution in [0.15, 0.2) is 200 Å². The van der Waals surface area contributed by atoms with Crippen molar-refractivity contribution in [3.63, 3.8) is 0 Å². The van der Waals surface area contributed by atoms with Gasteiger partial charge in [0.2, 0.25) is 0 Å². The molecule has 0 saturated carbocycles. The first-order chi connectivity index (χ1) is 27.6. The van der Waals surface area contributed by atoms with E-state index in [1.807, 2.05) is 0 Å². The smallest absolute Gasteiger partial charge is 0.0543 e. The Morgan fingerprint density at radius 1 is 0.357 bits per heavy atom. The summed E-state index contributed by atoms with van der Waals surface area (Å²) < 4.78 is 0. The van der Waals surface area contributed by atoms with Crippen LogP contribution in [0.2, 0.25) is 0 Å². The molecule has 0 N–H and O–H groups in total. The summed E-state index contributed by atoms with van der Waals surface area (Å²) in [5.74, 6) is 0. The summed E-state index contributed by atoms with van der Waals surface area (Å²) in [6.45, 7) is 4.73. The minimum Gasteiger partial charge on any atom is -0.309 e. The third kappa shape index (κ3) is 4.87. The molecular formula is C55H39N. The van der Waals surface area contributed by atoms with Crippen molar-refractivity contribution in [2.45, 2.75) is 19.3 Å². The molecule has 0 radical (unpaired) electrons. The van der Waals surface area contributed by atoms with Gasteiger partial charge in [-0.25, -0.2) is 0 Å². The fraction of sp³-hybridized carbons (Fsp3) is 0.0545. The maximum atomic E-state index is 2.51. The highest BCUT2D eigenvalue weighted by Gasteiger charge is 2.38. The quantitative estimate of drug-likeness (QED) is 0.161. The van der Waals surface area contributed by atoms with Crippen molar-refractivity contribution in [3.05, 3.63) is 211 Å². The van der Waals surface area contributed by atoms with Gasteiger partial charge >= 0.3 is 0 Å². The average Bonchev–Trinajstić information content (AvgIpc) is 3.50. The van der Waals surface area contributed by atoms with Crippen LogP contribution in [0.4, 0.5) is 17.1 Å². The molecule has 0 bridgehead atoms. The first-order valence-corrected chi connectivity index (χ1v) is 19.6. The van der Waals surface area contributed by atoms with E-state index in [0.717, 1.165) is 11.4 Å². The molecule has 0 spiro atoms. The third-order valence-electron chi connectivity index (χ3n) is 12.2. The van der Waals surface area contributed by atoms with E-state index in [0.29, 0.717) is 0 Å². The average molecular weight is 714 g/mol. The highest BCUT2D eigenvalue weighted by Crippen LogP contribution is 2.55. The van der Waals surface area contributed by atoms with Crippen molar-refractivity contribution in [3.8, 4) is 33.4 Å². The van der Waals surface area contributed by atoms with Gasteiger partial charge in [0, 0.05) is 22.2 Å². The molecule has 0 aliphatic heterocycles. The second-order valence-electron chi connectivity index (χ2n) is 15.7. The SMILES string of the molecule is CC1(C)c2ccccc2-c2c(N(c3ccc(-c4cc5ccccc5c5ccc6ccccc6c45)cc3)c3ccccc3-c3cccc4ccccc34)cccc21. The van der Waals surface area contributed by atoms with Gasteiger partial charge in [0.05, 0.1) is 11.4 Å². The van der Waals surface area contributed by atoms with Gasteiger partial charge in [0.25, 0.3) is 0 Å². The predicted molar refractivity (Wildman–Crippen MR) is 240 cm³/mol. The van der Waals surface area contributed by atoms with E-state index in [2.05, 4.69) is 219 Å². The molecule has 11 rings (SSSR count). The molecule has 0 atom stereocenters. The molecule has 0 heterocycles. The largest absolute Gasteiger partial charge is 0.309 e. The van der Waals surface area contributed by atoms with Gasteiger partial charge in [-0.2, -0.15) is 0 Å². The molecule has 10 aromatic rings. The summed E-state index contributed by atoms with van der Waals surface area (Å²) in [6, 6.07) is 74.0. The lowest BCUT2D eigenvalue weighted by Gasteiger charge is -2.31. The van der Waals surface area contributed by atoms with E-state index in [4.69, 9.17) is 0 Å². The lowest BCUT2D eigenvalue weighted by molar-refractivity contribution is 0.660. The van der Waals surface area contributed by atoms with Crippen LogP contribution in [0.5, 0.6) is 0 Å². The molecular weight excluding hydrogens is 675 g/mol. The van der Waals surface area contributed by atoms with Gasteiger partial charge in [-0.05, 0) is 107 Å². The highest BCUT2D eigenvalue weighted by atomic mass is 15.1. The number of hydrogen-bond donors (Lipinski definition) is 0. The highest BCUT2D eigenvalue weighted by molar-refractivity contribution is 6.23. The number of fused-ring (bicyclic) bond motifs is 9. The van der Waals surface area contributed by atoms with Crippen LogP contribution >= 0.6 is 0 Å². The fourth-order valence-electron chi connectivity index (χ4n) is 9.59. The molecule has 264 valence electrons. The van der Waals surface area contributed by atoms with Gasteiger partial charge in [0.1, 0.15) is 0 Å². The second-order valence-corrected chi connectivity index (χ2v) is 15.7. The summed E-state index contributed by atoms with van der Waals surface area (Å²) in [7, 11) is 0. The monoisotopic (exact) mass is 713 g/mol. The molecule has 1 nitrogen and oxygen atoms in total. The van der Waals surface area contributed by atoms with Crippen LogP contribution in [-0.2, 0) is 5.41 Å². The number of benzene rings is 10. The van der Waals surface area contributed by atoms with E-state index in [1.165, 1.54) is 93.3 Å². The molecule has 0 unspecified atom stereocenters. The Morgan fingerprint density at radius 2 is 0.929 bits per heavy atom. The minimum atomic E-state index is -0.119. The lowest BCUT2D eigenvalue weighted by atomic mass is 9.82. The number of nitrogens with zero attached hydrogens (tertiary/aromatic N) is 1. The van der Waals surface area contributed by atoms with E-state index in [1.54, 1.807) is 0 Å². The maximum absolute atomic E-state index is 2.51. The molecule has 0 amide bonds. The lowest BCUT2D eigenvalue weighted by Crippen LogP contribution is -2.16. The van der Waals surface area contributed by atoms with Crippen molar-refractivity contribution >= 4 is 60.2 Å². The Labute approximate surface area is 327 Å². The zero-order valence-electron chi connectivity index (χ0n) is 31.5. The molecule has 1 heteroatoms. The molecule has 0 saturated heterocycles. The minimum absolute atomic E-state index is 0.119. The van der Waals surface area contributed by atoms with Crippen LogP contribution in [0.1, 0.15) is 25.0 Å². The van der Waals surface area contributed by atoms with Crippen LogP contribution < -0.4 is 4.90 Å². The van der Waals surface area contributed by atoms with Gasteiger partial charge in [-0.1, -0.05) is 184 Å². The number of anilines is 3. The van der Waals surface area contributed by atoms with Gasteiger partial charge in [-0.15, -0.1) is 0 Å². The van der Waals surface area contributed by atoms with Gasteiger partial charge < -0.3 is 4.90 Å². The normalized spacial score (nSPS) is 13.0. The van der Waals surface area contributed by atoms with E-state index < -0.39 is 0 Å². The number of rotatable bonds is 5. The number of para-hydroxylation sites is 1. The summed E-state index contributed by atoms with van der Waals surface area (Å²) in [6.07, 6.45) is 0. The summed E-state index contributed by atoms with van der Waals surface area (Å²) in [5, 5.41) is 10.1. The van der Waals surface area contributed by atoms with Crippen molar-refractivity contribution in [2.75, 3.05) is 4.90 Å². The molecule has 0 aromatic heterocycles. The van der Waals surface area contributed by atoms with Gasteiger partial charge in [-0.3, -0.25) is 0 Å². The van der Waals surface area contributed by atoms with Crippen LogP contribution in [-0.4, -0.2) is 0 Å². The van der Waals surface area contributed by atoms with Crippen LogP contribution in [0.25, 0.3) is 76.5 Å². The summed E-state index contributed by atoms with van der Waals surface area (Å²) in [5.41, 5.74) is 13.5. The molecule has 0 fully saturated rings. The van der Waals surface area contributed by atoms with Gasteiger partial charge in [0.15, 0.2) is 0 Å². The van der Waals surface area contributed by atoms with E-state index in [-0.39, 0.29) is 5.41 Å². The summed E-state index contributed by atoms with van der Waals surface area (Å²) in [4.78, 5) is 2.51. The third-order valence-corrected chi connectivity index (χ3v) is 12.2. The maximum Gasteiger partial charge on any atom is 0.0543 e. The standard InChI is InChI=1S/C55H39N/c1-55(2)49-25-11-9-23-47(49)54-50(55)26-14-28-52(54)56(51-27-12-10-22-45(51)44-24-13-18-36-15-3-6-19-41(36)44)40-32-29-38(30-33-40)48-35-39-17-5-7-20-42(39)46-34-31-37-16-4-8-21-43(37)53(46)48/h3-35H,1-2H3. The van der Waals surface area contributed by atoms with Crippen LogP contribution in [0.3, 0.4) is 0 Å². The molecule has 1 aliphatic carbocycles. The summed E-state index contributed by atoms with van der Waals surface area (Å²) >= 11 is 0. The Kier molecular flexibility index (Phi) is 7.28. The first-order valence-electron chi connectivity index (χ1n) is 19.6. The Balaban J connectivity index is 1.16. The Morgan fingerprint density at radius 3 is 1.75 bits per heavy atom. The molecule has 1 aliphatic rings. The first kappa shape index (κ1) is 32.5. The zero-order chi connectivity index (χ0) is 37.4. The topological polar surface area (TPSA) is 3.24 Å². The van der Waals surface area contributed by atoms with Crippen molar-refractivity contribution < 1.29 is 0 Å². The van der Waals surface area contributed by atoms with Crippen molar-refractivity contribution in [2.24, 2.45) is 0 Å². The Bertz CT molecular complexity index is 3160. The zero-order valence-corrected chi connectivity index (χ0v) is 31.5. The second kappa shape index (κ2) is 12.5.